The van der Waals surface area contributed by atoms with E-state index in [4.69, 9.17) is 9.84 Å². The van der Waals surface area contributed by atoms with Crippen molar-refractivity contribution >= 4 is 11.9 Å². The summed E-state index contributed by atoms with van der Waals surface area (Å²) in [6, 6.07) is -0.133. The number of carbonyl (C=O) groups excluding carboxylic acids is 1. The van der Waals surface area contributed by atoms with E-state index in [1.54, 1.807) is 12.2 Å². The minimum atomic E-state index is -0.830. The summed E-state index contributed by atoms with van der Waals surface area (Å²) in [6.07, 6.45) is 5.40. The van der Waals surface area contributed by atoms with Gasteiger partial charge >= 0.3 is 5.97 Å². The van der Waals surface area contributed by atoms with Crippen molar-refractivity contribution in [1.29, 1.82) is 0 Å². The van der Waals surface area contributed by atoms with Gasteiger partial charge in [0, 0.05) is 25.2 Å². The van der Waals surface area contributed by atoms with Gasteiger partial charge in [-0.15, -0.1) is 0 Å². The fourth-order valence-electron chi connectivity index (χ4n) is 2.25. The first-order chi connectivity index (χ1) is 8.16. The molecule has 0 spiro atoms. The third-order valence-electron chi connectivity index (χ3n) is 3.32. The van der Waals surface area contributed by atoms with E-state index in [9.17, 15) is 9.59 Å². The predicted octanol–water partition coefficient (Wildman–Crippen LogP) is 0.558. The van der Waals surface area contributed by atoms with Crippen molar-refractivity contribution in [2.24, 2.45) is 11.8 Å². The number of hydrogen-bond acceptors (Lipinski definition) is 3. The van der Waals surface area contributed by atoms with E-state index in [2.05, 4.69) is 5.32 Å². The largest absolute Gasteiger partial charge is 0.481 e. The van der Waals surface area contributed by atoms with Crippen molar-refractivity contribution in [3.8, 4) is 0 Å². The number of carboxylic acids is 1. The van der Waals surface area contributed by atoms with E-state index in [0.717, 1.165) is 12.8 Å². The van der Waals surface area contributed by atoms with Crippen molar-refractivity contribution in [3.63, 3.8) is 0 Å². The average molecular weight is 239 g/mol. The van der Waals surface area contributed by atoms with E-state index in [1.165, 1.54) is 0 Å². The Morgan fingerprint density at radius 2 is 1.94 bits per heavy atom. The molecule has 2 N–H and O–H groups in total. The molecule has 2 rings (SSSR count). The minimum absolute atomic E-state index is 0.0148. The summed E-state index contributed by atoms with van der Waals surface area (Å²) in [5.41, 5.74) is 0. The van der Waals surface area contributed by atoms with E-state index in [1.807, 2.05) is 0 Å². The van der Waals surface area contributed by atoms with Crippen LogP contribution < -0.4 is 5.32 Å². The van der Waals surface area contributed by atoms with Crippen LogP contribution in [0.3, 0.4) is 0 Å². The average Bonchev–Trinajstić information content (AvgIpc) is 2.79. The molecule has 1 aliphatic heterocycles. The van der Waals surface area contributed by atoms with Crippen LogP contribution in [0.2, 0.25) is 0 Å². The van der Waals surface area contributed by atoms with Crippen LogP contribution in [-0.4, -0.2) is 36.2 Å². The maximum Gasteiger partial charge on any atom is 0.310 e. The second kappa shape index (κ2) is 5.31. The first-order valence-electron chi connectivity index (χ1n) is 5.96. The van der Waals surface area contributed by atoms with Crippen LogP contribution in [0.15, 0.2) is 12.2 Å². The number of amides is 1. The highest BCUT2D eigenvalue weighted by Gasteiger charge is 2.28. The Morgan fingerprint density at radius 1 is 1.24 bits per heavy atom. The van der Waals surface area contributed by atoms with Crippen molar-refractivity contribution in [2.45, 2.75) is 25.3 Å². The van der Waals surface area contributed by atoms with Crippen LogP contribution in [0.25, 0.3) is 0 Å². The number of carbonyl (C=O) groups is 2. The molecule has 0 aromatic heterocycles. The van der Waals surface area contributed by atoms with Crippen LogP contribution >= 0.6 is 0 Å². The summed E-state index contributed by atoms with van der Waals surface area (Å²) < 4.78 is 5.20. The Bertz CT molecular complexity index is 333. The minimum Gasteiger partial charge on any atom is -0.481 e. The van der Waals surface area contributed by atoms with Gasteiger partial charge in [-0.1, -0.05) is 12.2 Å². The molecule has 0 saturated carbocycles. The topological polar surface area (TPSA) is 75.6 Å². The normalized spacial score (nSPS) is 29.2. The maximum absolute atomic E-state index is 11.9. The zero-order valence-corrected chi connectivity index (χ0v) is 9.59. The summed E-state index contributed by atoms with van der Waals surface area (Å²) in [5, 5.41) is 11.7. The molecule has 5 heteroatoms. The Kier molecular flexibility index (Phi) is 3.78. The standard InChI is InChI=1S/C12H17NO4/c14-11(8-3-5-17-6-4-8)13-10-2-1-9(7-10)12(15)16/h1-2,8-10H,3-7H2,(H,13,14)(H,15,16). The van der Waals surface area contributed by atoms with Crippen molar-refractivity contribution in [1.82, 2.24) is 5.32 Å². The summed E-state index contributed by atoms with van der Waals surface area (Å²) in [6.45, 7) is 1.27. The Labute approximate surface area is 99.8 Å². The zero-order chi connectivity index (χ0) is 12.3. The molecule has 5 nitrogen and oxygen atoms in total. The molecule has 0 radical (unpaired) electrons. The van der Waals surface area contributed by atoms with Crippen molar-refractivity contribution < 1.29 is 19.4 Å². The highest BCUT2D eigenvalue weighted by Crippen LogP contribution is 2.20. The monoisotopic (exact) mass is 239 g/mol. The molecule has 1 amide bonds. The predicted molar refractivity (Wildman–Crippen MR) is 60.4 cm³/mol. The number of ether oxygens (including phenoxy) is 1. The lowest BCUT2D eigenvalue weighted by molar-refractivity contribution is -0.140. The molecule has 1 fully saturated rings. The maximum atomic E-state index is 11.9. The summed E-state index contributed by atoms with van der Waals surface area (Å²) in [5.74, 6) is -1.26. The van der Waals surface area contributed by atoms with E-state index in [0.29, 0.717) is 19.6 Å². The van der Waals surface area contributed by atoms with Gasteiger partial charge in [-0.2, -0.15) is 0 Å². The molecular formula is C12H17NO4. The van der Waals surface area contributed by atoms with Crippen LogP contribution in [0.5, 0.6) is 0 Å². The van der Waals surface area contributed by atoms with E-state index >= 15 is 0 Å². The van der Waals surface area contributed by atoms with Gasteiger partial charge in [0.05, 0.1) is 5.92 Å². The third-order valence-corrected chi connectivity index (χ3v) is 3.32. The van der Waals surface area contributed by atoms with Gasteiger partial charge in [0.2, 0.25) is 5.91 Å². The van der Waals surface area contributed by atoms with Crippen LogP contribution in [-0.2, 0) is 14.3 Å². The van der Waals surface area contributed by atoms with E-state index < -0.39 is 11.9 Å². The lowest BCUT2D eigenvalue weighted by atomic mass is 9.98. The van der Waals surface area contributed by atoms with Gasteiger partial charge in [-0.05, 0) is 19.3 Å². The second-order valence-corrected chi connectivity index (χ2v) is 4.57. The lowest BCUT2D eigenvalue weighted by Gasteiger charge is -2.23. The summed E-state index contributed by atoms with van der Waals surface area (Å²) in [4.78, 5) is 22.6. The molecule has 2 atom stereocenters. The fraction of sp³-hybridized carbons (Fsp3) is 0.667. The van der Waals surface area contributed by atoms with Gasteiger partial charge in [0.25, 0.3) is 0 Å². The van der Waals surface area contributed by atoms with Crippen LogP contribution in [0.4, 0.5) is 0 Å². The molecule has 94 valence electrons. The van der Waals surface area contributed by atoms with Crippen molar-refractivity contribution in [3.05, 3.63) is 12.2 Å². The highest BCUT2D eigenvalue weighted by atomic mass is 16.5. The molecule has 2 unspecified atom stereocenters. The molecule has 0 aromatic rings. The summed E-state index contributed by atoms with van der Waals surface area (Å²) >= 11 is 0. The Balaban J connectivity index is 1.80. The van der Waals surface area contributed by atoms with Gasteiger partial charge in [0.15, 0.2) is 0 Å². The van der Waals surface area contributed by atoms with E-state index in [-0.39, 0.29) is 17.9 Å². The molecule has 1 aliphatic carbocycles. The van der Waals surface area contributed by atoms with Gasteiger partial charge in [-0.3, -0.25) is 9.59 Å². The van der Waals surface area contributed by atoms with Gasteiger partial charge in [0.1, 0.15) is 0 Å². The second-order valence-electron chi connectivity index (χ2n) is 4.57. The molecule has 1 heterocycles. The lowest BCUT2D eigenvalue weighted by Crippen LogP contribution is -2.39. The molecule has 0 bridgehead atoms. The Morgan fingerprint density at radius 3 is 2.53 bits per heavy atom. The van der Waals surface area contributed by atoms with Gasteiger partial charge in [-0.25, -0.2) is 0 Å². The van der Waals surface area contributed by atoms with Crippen LogP contribution in [0.1, 0.15) is 19.3 Å². The van der Waals surface area contributed by atoms with Gasteiger partial charge < -0.3 is 15.2 Å². The van der Waals surface area contributed by atoms with Crippen molar-refractivity contribution in [2.75, 3.05) is 13.2 Å². The molecular weight excluding hydrogens is 222 g/mol. The smallest absolute Gasteiger partial charge is 0.310 e. The summed E-state index contributed by atoms with van der Waals surface area (Å²) in [7, 11) is 0. The zero-order valence-electron chi connectivity index (χ0n) is 9.59. The quantitative estimate of drug-likeness (QED) is 0.705. The first-order valence-corrected chi connectivity index (χ1v) is 5.96. The molecule has 0 aromatic carbocycles. The number of rotatable bonds is 3. The van der Waals surface area contributed by atoms with Crippen LogP contribution in [0, 0.1) is 11.8 Å². The molecule has 2 aliphatic rings. The SMILES string of the molecule is O=C(O)C1C=CC(NC(=O)C2CCOCC2)C1. The number of nitrogens with one attached hydrogen (secondary N) is 1. The number of aliphatic carboxylic acids is 1. The first kappa shape index (κ1) is 12.1. The highest BCUT2D eigenvalue weighted by molar-refractivity contribution is 5.80. The molecule has 1 saturated heterocycles. The number of carboxylic acid groups (broad SMARTS) is 1. The Hall–Kier alpha value is -1.36. The molecule has 17 heavy (non-hydrogen) atoms. The third kappa shape index (κ3) is 3.06. The fourth-order valence-corrected chi connectivity index (χ4v) is 2.25. The number of hydrogen-bond donors (Lipinski definition) is 2.